The van der Waals surface area contributed by atoms with Crippen molar-refractivity contribution in [1.82, 2.24) is 0 Å². The highest BCUT2D eigenvalue weighted by Crippen LogP contribution is 2.18. The lowest BCUT2D eigenvalue weighted by atomic mass is 9.95. The fourth-order valence-corrected chi connectivity index (χ4v) is 2.16. The molecule has 0 aliphatic rings. The third kappa shape index (κ3) is 6.74. The minimum Gasteiger partial charge on any atom is -0.454 e. The molecule has 0 unspecified atom stereocenters. The van der Waals surface area contributed by atoms with Crippen molar-refractivity contribution < 1.29 is 19.1 Å². The van der Waals surface area contributed by atoms with Gasteiger partial charge >= 0.3 is 5.97 Å². The van der Waals surface area contributed by atoms with Gasteiger partial charge in [0.1, 0.15) is 0 Å². The maximum absolute atomic E-state index is 12.2. The average molecular weight is 390 g/mol. The van der Waals surface area contributed by atoms with Crippen molar-refractivity contribution in [3.63, 3.8) is 0 Å². The Morgan fingerprint density at radius 1 is 1.03 bits per heavy atom. The zero-order chi connectivity index (χ0) is 21.4. The predicted molar refractivity (Wildman–Crippen MR) is 110 cm³/mol. The van der Waals surface area contributed by atoms with E-state index in [0.29, 0.717) is 16.8 Å². The maximum Gasteiger partial charge on any atom is 0.331 e. The molecule has 0 saturated heterocycles. The number of Topliss-reactive ketones (excluding diaryl/α,β-unsaturated/α-hetero) is 1. The van der Waals surface area contributed by atoms with Crippen LogP contribution in [0.3, 0.4) is 0 Å². The average Bonchev–Trinajstić information content (AvgIpc) is 2.70. The number of nitrogens with one attached hydrogen (secondary N) is 1. The Bertz CT molecular complexity index is 960. The first-order valence-corrected chi connectivity index (χ1v) is 8.99. The number of ether oxygens (including phenoxy) is 1. The minimum absolute atomic E-state index is 0.125. The molecular formula is C23H22N2O4. The molecule has 0 spiro atoms. The van der Waals surface area contributed by atoms with Crippen LogP contribution in [0.15, 0.2) is 54.6 Å². The zero-order valence-electron chi connectivity index (χ0n) is 16.6. The minimum atomic E-state index is -0.642. The molecule has 0 saturated carbocycles. The van der Waals surface area contributed by atoms with E-state index in [1.165, 1.54) is 6.08 Å². The van der Waals surface area contributed by atoms with Gasteiger partial charge < -0.3 is 10.1 Å². The van der Waals surface area contributed by atoms with Crippen LogP contribution in [-0.4, -0.2) is 24.3 Å². The second-order valence-corrected chi connectivity index (χ2v) is 7.38. The van der Waals surface area contributed by atoms with Gasteiger partial charge in [-0.25, -0.2) is 4.79 Å². The number of benzene rings is 2. The predicted octanol–water partition coefficient (Wildman–Crippen LogP) is 3.98. The quantitative estimate of drug-likeness (QED) is 0.457. The fourth-order valence-electron chi connectivity index (χ4n) is 2.16. The van der Waals surface area contributed by atoms with Crippen molar-refractivity contribution in [1.29, 1.82) is 5.26 Å². The van der Waals surface area contributed by atoms with E-state index >= 15 is 0 Å². The summed E-state index contributed by atoms with van der Waals surface area (Å²) in [6, 6.07) is 15.1. The monoisotopic (exact) mass is 390 g/mol. The third-order valence-corrected chi connectivity index (χ3v) is 3.94. The fraction of sp³-hybridized carbons (Fsp3) is 0.217. The second-order valence-electron chi connectivity index (χ2n) is 7.38. The number of amides is 1. The zero-order valence-corrected chi connectivity index (χ0v) is 16.6. The molecule has 6 nitrogen and oxygen atoms in total. The molecule has 0 atom stereocenters. The second kappa shape index (κ2) is 9.47. The topological polar surface area (TPSA) is 96.3 Å². The van der Waals surface area contributed by atoms with E-state index in [9.17, 15) is 14.4 Å². The number of nitrogens with zero attached hydrogens (tertiary/aromatic N) is 1. The Hall–Kier alpha value is -3.72. The van der Waals surface area contributed by atoms with E-state index in [0.717, 1.165) is 5.56 Å². The summed E-state index contributed by atoms with van der Waals surface area (Å²) < 4.78 is 4.97. The number of nitriles is 1. The summed E-state index contributed by atoms with van der Waals surface area (Å²) in [4.78, 5) is 35.9. The van der Waals surface area contributed by atoms with E-state index in [1.54, 1.807) is 54.6 Å². The normalized spacial score (nSPS) is 11.0. The molecule has 148 valence electrons. The molecule has 0 aromatic heterocycles. The van der Waals surface area contributed by atoms with Gasteiger partial charge in [-0.1, -0.05) is 32.9 Å². The van der Waals surface area contributed by atoms with Crippen LogP contribution in [0.4, 0.5) is 5.69 Å². The van der Waals surface area contributed by atoms with Crippen LogP contribution in [-0.2, 0) is 14.3 Å². The van der Waals surface area contributed by atoms with Gasteiger partial charge in [0.2, 0.25) is 5.91 Å². The van der Waals surface area contributed by atoms with Gasteiger partial charge in [0.25, 0.3) is 0 Å². The number of carbonyl (C=O) groups excluding carboxylic acids is 3. The maximum atomic E-state index is 12.2. The van der Waals surface area contributed by atoms with Gasteiger partial charge in [0, 0.05) is 22.7 Å². The largest absolute Gasteiger partial charge is 0.454 e. The number of hydrogen-bond acceptors (Lipinski definition) is 5. The Morgan fingerprint density at radius 2 is 1.66 bits per heavy atom. The van der Waals surface area contributed by atoms with Gasteiger partial charge in [-0.3, -0.25) is 9.59 Å². The summed E-state index contributed by atoms with van der Waals surface area (Å²) in [5.74, 6) is -1.12. The van der Waals surface area contributed by atoms with Crippen molar-refractivity contribution in [2.75, 3.05) is 11.9 Å². The Labute approximate surface area is 169 Å². The van der Waals surface area contributed by atoms with Crippen LogP contribution in [0.5, 0.6) is 0 Å². The molecule has 0 aliphatic heterocycles. The number of ketones is 1. The molecule has 0 bridgehead atoms. The SMILES string of the molecule is CC(C)(C)C(=O)Nc1ccc(C(=O)COC(=O)/C=C/c2ccc(C#N)cc2)cc1. The molecule has 29 heavy (non-hydrogen) atoms. The highest BCUT2D eigenvalue weighted by Gasteiger charge is 2.21. The highest BCUT2D eigenvalue weighted by atomic mass is 16.5. The van der Waals surface area contributed by atoms with E-state index in [1.807, 2.05) is 26.8 Å². The molecule has 2 rings (SSSR count). The molecule has 6 heteroatoms. The number of carbonyl (C=O) groups is 3. The van der Waals surface area contributed by atoms with Crippen LogP contribution in [0, 0.1) is 16.7 Å². The van der Waals surface area contributed by atoms with Gasteiger partial charge in [-0.15, -0.1) is 0 Å². The number of anilines is 1. The number of esters is 1. The van der Waals surface area contributed by atoms with Crippen LogP contribution < -0.4 is 5.32 Å². The lowest BCUT2D eigenvalue weighted by molar-refractivity contribution is -0.136. The van der Waals surface area contributed by atoms with Crippen molar-refractivity contribution in [2.45, 2.75) is 20.8 Å². The molecular weight excluding hydrogens is 368 g/mol. The van der Waals surface area contributed by atoms with Crippen molar-refractivity contribution in [3.05, 3.63) is 71.3 Å². The van der Waals surface area contributed by atoms with Crippen molar-refractivity contribution in [3.8, 4) is 6.07 Å². The molecule has 0 aliphatic carbocycles. The summed E-state index contributed by atoms with van der Waals surface area (Å²) in [5.41, 5.74) is 1.71. The molecule has 1 amide bonds. The van der Waals surface area contributed by atoms with Gasteiger partial charge in [-0.05, 0) is 48.0 Å². The van der Waals surface area contributed by atoms with Crippen LogP contribution in [0.2, 0.25) is 0 Å². The first kappa shape index (κ1) is 21.6. The molecule has 0 fully saturated rings. The molecule has 0 heterocycles. The Kier molecular flexibility index (Phi) is 7.05. The van der Waals surface area contributed by atoms with Crippen molar-refractivity contribution in [2.24, 2.45) is 5.41 Å². The smallest absolute Gasteiger partial charge is 0.331 e. The highest BCUT2D eigenvalue weighted by molar-refractivity contribution is 6.00. The lowest BCUT2D eigenvalue weighted by Gasteiger charge is -2.17. The molecule has 1 N–H and O–H groups in total. The summed E-state index contributed by atoms with van der Waals surface area (Å²) >= 11 is 0. The summed E-state index contributed by atoms with van der Waals surface area (Å²) in [5, 5.41) is 11.5. The lowest BCUT2D eigenvalue weighted by Crippen LogP contribution is -2.27. The van der Waals surface area contributed by atoms with Crippen LogP contribution in [0.25, 0.3) is 6.08 Å². The Balaban J connectivity index is 1.86. The molecule has 2 aromatic rings. The standard InChI is InChI=1S/C23H22N2O4/c1-23(2,3)22(28)25-19-11-9-18(10-12-19)20(26)15-29-21(27)13-8-16-4-6-17(14-24)7-5-16/h4-13H,15H2,1-3H3,(H,25,28)/b13-8+. The molecule has 2 aromatic carbocycles. The molecule has 0 radical (unpaired) electrons. The van der Waals surface area contributed by atoms with E-state index in [4.69, 9.17) is 10.00 Å². The van der Waals surface area contributed by atoms with Gasteiger partial charge in [-0.2, -0.15) is 5.26 Å². The van der Waals surface area contributed by atoms with Gasteiger partial charge in [0.15, 0.2) is 12.4 Å². The van der Waals surface area contributed by atoms with Gasteiger partial charge in [0.05, 0.1) is 11.6 Å². The summed E-state index contributed by atoms with van der Waals surface area (Å²) in [7, 11) is 0. The van der Waals surface area contributed by atoms with E-state index in [-0.39, 0.29) is 18.3 Å². The summed E-state index contributed by atoms with van der Waals surface area (Å²) in [6.45, 7) is 5.05. The van der Waals surface area contributed by atoms with Crippen LogP contribution >= 0.6 is 0 Å². The number of hydrogen-bond donors (Lipinski definition) is 1. The Morgan fingerprint density at radius 3 is 2.21 bits per heavy atom. The first-order chi connectivity index (χ1) is 13.7. The third-order valence-electron chi connectivity index (χ3n) is 3.94. The van der Waals surface area contributed by atoms with E-state index < -0.39 is 11.4 Å². The number of rotatable bonds is 6. The van der Waals surface area contributed by atoms with E-state index in [2.05, 4.69) is 5.32 Å². The summed E-state index contributed by atoms with van der Waals surface area (Å²) in [6.07, 6.45) is 2.76. The first-order valence-electron chi connectivity index (χ1n) is 8.99. The van der Waals surface area contributed by atoms with Crippen LogP contribution in [0.1, 0.15) is 42.3 Å². The van der Waals surface area contributed by atoms with Crippen molar-refractivity contribution >= 4 is 29.4 Å².